The van der Waals surface area contributed by atoms with Gasteiger partial charge in [-0.25, -0.2) is 13.6 Å². The molecule has 0 unspecified atom stereocenters. The van der Waals surface area contributed by atoms with Gasteiger partial charge in [0.15, 0.2) is 5.60 Å². The van der Waals surface area contributed by atoms with E-state index in [9.17, 15) is 18.7 Å². The van der Waals surface area contributed by atoms with Gasteiger partial charge in [0.1, 0.15) is 6.54 Å². The molecule has 168 valence electrons. The monoisotopic (exact) mass is 432 g/mol. The first-order valence-electron chi connectivity index (χ1n) is 10.8. The minimum absolute atomic E-state index is 0.0779. The molecule has 0 amide bonds. The molecule has 1 N–H and O–H groups in total. The number of hydrogen-bond donors (Lipinski definition) is 1. The number of halogens is 2. The number of carbonyl (C=O) groups is 1. The van der Waals surface area contributed by atoms with Crippen molar-refractivity contribution in [3.8, 4) is 0 Å². The molecule has 0 aromatic heterocycles. The standard InChI is InChI=1S/C25H32F2NO3/c1-28(2,19-20-10-5-3-6-11-20)16-9-17-31-23(29)25(30,21-12-7-4-8-13-21)22-14-15-24(26,27)18-22/h3-8,10-13,22,30H,9,14-19H2,1-2H3/q+1/t22-,25+/m1/s1. The highest BCUT2D eigenvalue weighted by molar-refractivity contribution is 5.81. The predicted octanol–water partition coefficient (Wildman–Crippen LogP) is 4.52. The Morgan fingerprint density at radius 2 is 1.74 bits per heavy atom. The summed E-state index contributed by atoms with van der Waals surface area (Å²) < 4.78 is 33.9. The average Bonchev–Trinajstić information content (AvgIpc) is 3.11. The van der Waals surface area contributed by atoms with Crippen LogP contribution in [0.4, 0.5) is 8.78 Å². The number of rotatable bonds is 9. The minimum Gasteiger partial charge on any atom is -0.463 e. The second-order valence-electron chi connectivity index (χ2n) is 9.22. The van der Waals surface area contributed by atoms with Gasteiger partial charge >= 0.3 is 5.97 Å². The maximum atomic E-state index is 13.9. The van der Waals surface area contributed by atoms with Gasteiger partial charge in [0, 0.05) is 30.7 Å². The van der Waals surface area contributed by atoms with E-state index in [1.807, 2.05) is 18.2 Å². The van der Waals surface area contributed by atoms with Crippen molar-refractivity contribution in [3.63, 3.8) is 0 Å². The molecule has 2 atom stereocenters. The van der Waals surface area contributed by atoms with E-state index >= 15 is 0 Å². The smallest absolute Gasteiger partial charge is 0.343 e. The first-order valence-corrected chi connectivity index (χ1v) is 10.8. The second-order valence-corrected chi connectivity index (χ2v) is 9.22. The van der Waals surface area contributed by atoms with Crippen LogP contribution in [0, 0.1) is 5.92 Å². The van der Waals surface area contributed by atoms with Crippen LogP contribution >= 0.6 is 0 Å². The Balaban J connectivity index is 1.61. The number of quaternary nitrogens is 1. The Kier molecular flexibility index (Phi) is 7.12. The van der Waals surface area contributed by atoms with Gasteiger partial charge in [0.05, 0.1) is 27.2 Å². The normalized spacial score (nSPS) is 20.2. The van der Waals surface area contributed by atoms with Crippen molar-refractivity contribution in [3.05, 3.63) is 71.8 Å². The zero-order valence-corrected chi connectivity index (χ0v) is 18.3. The van der Waals surface area contributed by atoms with Crippen LogP contribution in [0.15, 0.2) is 60.7 Å². The Bertz CT molecular complexity index is 858. The molecule has 1 aliphatic carbocycles. The topological polar surface area (TPSA) is 46.5 Å². The van der Waals surface area contributed by atoms with Crippen LogP contribution in [0.1, 0.15) is 36.8 Å². The van der Waals surface area contributed by atoms with Crippen LogP contribution in [0.25, 0.3) is 0 Å². The van der Waals surface area contributed by atoms with Gasteiger partial charge in [-0.05, 0) is 12.0 Å². The molecular weight excluding hydrogens is 400 g/mol. The summed E-state index contributed by atoms with van der Waals surface area (Å²) in [6.45, 7) is 1.75. The van der Waals surface area contributed by atoms with Crippen molar-refractivity contribution in [2.75, 3.05) is 27.2 Å². The molecule has 1 aliphatic rings. The van der Waals surface area contributed by atoms with Crippen molar-refractivity contribution >= 4 is 5.97 Å². The lowest BCUT2D eigenvalue weighted by atomic mass is 9.80. The van der Waals surface area contributed by atoms with Crippen LogP contribution in [0.5, 0.6) is 0 Å². The van der Waals surface area contributed by atoms with Crippen molar-refractivity contribution in [1.82, 2.24) is 0 Å². The average molecular weight is 433 g/mol. The lowest BCUT2D eigenvalue weighted by Gasteiger charge is -2.33. The van der Waals surface area contributed by atoms with Gasteiger partial charge in [-0.2, -0.15) is 0 Å². The first-order chi connectivity index (χ1) is 14.6. The van der Waals surface area contributed by atoms with Gasteiger partial charge in [0.2, 0.25) is 5.92 Å². The minimum atomic E-state index is -2.87. The molecule has 31 heavy (non-hydrogen) atoms. The zero-order chi connectivity index (χ0) is 22.5. The maximum absolute atomic E-state index is 13.9. The number of alkyl halides is 2. The number of ether oxygens (including phenoxy) is 1. The third kappa shape index (κ3) is 5.89. The fourth-order valence-electron chi connectivity index (χ4n) is 4.44. The third-order valence-electron chi connectivity index (χ3n) is 6.11. The summed E-state index contributed by atoms with van der Waals surface area (Å²) in [6, 6.07) is 18.5. The molecule has 0 spiro atoms. The summed E-state index contributed by atoms with van der Waals surface area (Å²) in [5.41, 5.74) is -0.525. The predicted molar refractivity (Wildman–Crippen MR) is 115 cm³/mol. The van der Waals surface area contributed by atoms with E-state index in [0.29, 0.717) is 12.0 Å². The van der Waals surface area contributed by atoms with Crippen LogP contribution < -0.4 is 0 Å². The van der Waals surface area contributed by atoms with E-state index in [4.69, 9.17) is 4.74 Å². The largest absolute Gasteiger partial charge is 0.463 e. The molecule has 0 bridgehead atoms. The maximum Gasteiger partial charge on any atom is 0.343 e. The summed E-state index contributed by atoms with van der Waals surface area (Å²) in [4.78, 5) is 13.0. The Morgan fingerprint density at radius 3 is 2.32 bits per heavy atom. The summed E-state index contributed by atoms with van der Waals surface area (Å²) in [5, 5.41) is 11.3. The van der Waals surface area contributed by atoms with Gasteiger partial charge in [0.25, 0.3) is 0 Å². The van der Waals surface area contributed by atoms with Gasteiger partial charge in [-0.15, -0.1) is 0 Å². The summed E-state index contributed by atoms with van der Waals surface area (Å²) >= 11 is 0. The highest BCUT2D eigenvalue weighted by atomic mass is 19.3. The summed E-state index contributed by atoms with van der Waals surface area (Å²) in [7, 11) is 4.21. The van der Waals surface area contributed by atoms with E-state index < -0.39 is 29.8 Å². The van der Waals surface area contributed by atoms with Gasteiger partial charge < -0.3 is 14.3 Å². The molecule has 1 saturated carbocycles. The second kappa shape index (κ2) is 9.45. The SMILES string of the molecule is C[N+](C)(CCCOC(=O)[C@](O)(c1ccccc1)[C@@H]1CCC(F)(F)C1)Cc1ccccc1. The van der Waals surface area contributed by atoms with Crippen molar-refractivity contribution in [2.24, 2.45) is 5.92 Å². The van der Waals surface area contributed by atoms with E-state index in [2.05, 4.69) is 26.2 Å². The molecule has 0 saturated heterocycles. The summed E-state index contributed by atoms with van der Waals surface area (Å²) in [5.74, 6) is -4.58. The fourth-order valence-corrected chi connectivity index (χ4v) is 4.44. The molecule has 1 fully saturated rings. The van der Waals surface area contributed by atoms with Gasteiger partial charge in [-0.1, -0.05) is 60.7 Å². The van der Waals surface area contributed by atoms with Crippen molar-refractivity contribution in [2.45, 2.75) is 43.8 Å². The van der Waals surface area contributed by atoms with E-state index in [1.165, 1.54) is 5.56 Å². The number of nitrogens with zero attached hydrogens (tertiary/aromatic N) is 1. The lowest BCUT2D eigenvalue weighted by molar-refractivity contribution is -0.903. The number of benzene rings is 2. The highest BCUT2D eigenvalue weighted by Crippen LogP contribution is 2.47. The molecule has 0 aliphatic heterocycles. The molecule has 0 heterocycles. The van der Waals surface area contributed by atoms with Crippen LogP contribution in [-0.2, 0) is 21.7 Å². The quantitative estimate of drug-likeness (QED) is 0.360. The van der Waals surface area contributed by atoms with Crippen LogP contribution in [0.2, 0.25) is 0 Å². The Morgan fingerprint density at radius 1 is 1.13 bits per heavy atom. The molecule has 2 aromatic rings. The third-order valence-corrected chi connectivity index (χ3v) is 6.11. The number of carbonyl (C=O) groups excluding carboxylic acids is 1. The Labute approximate surface area is 183 Å². The number of hydrogen-bond acceptors (Lipinski definition) is 3. The van der Waals surface area contributed by atoms with E-state index in [0.717, 1.165) is 17.6 Å². The number of aliphatic hydroxyl groups is 1. The molecule has 3 rings (SSSR count). The van der Waals surface area contributed by atoms with Gasteiger partial charge in [-0.3, -0.25) is 0 Å². The highest BCUT2D eigenvalue weighted by Gasteiger charge is 2.54. The molecule has 0 radical (unpaired) electrons. The molecule has 6 heteroatoms. The van der Waals surface area contributed by atoms with Crippen molar-refractivity contribution < 1.29 is 27.9 Å². The van der Waals surface area contributed by atoms with Crippen LogP contribution in [0.3, 0.4) is 0 Å². The van der Waals surface area contributed by atoms with E-state index in [-0.39, 0.29) is 19.4 Å². The first kappa shape index (κ1) is 23.4. The molecule has 2 aromatic carbocycles. The zero-order valence-electron chi connectivity index (χ0n) is 18.3. The molecule has 4 nitrogen and oxygen atoms in total. The Hall–Kier alpha value is -2.31. The molecular formula is C25H32F2NO3+. The fraction of sp³-hybridized carbons (Fsp3) is 0.480. The van der Waals surface area contributed by atoms with Crippen molar-refractivity contribution in [1.29, 1.82) is 0 Å². The number of esters is 1. The lowest BCUT2D eigenvalue weighted by Crippen LogP contribution is -2.44. The van der Waals surface area contributed by atoms with Crippen LogP contribution in [-0.4, -0.2) is 48.7 Å². The van der Waals surface area contributed by atoms with E-state index in [1.54, 1.807) is 30.3 Å². The summed E-state index contributed by atoms with van der Waals surface area (Å²) in [6.07, 6.45) is -0.161.